The zero-order chi connectivity index (χ0) is 15.1. The van der Waals surface area contributed by atoms with E-state index in [0.717, 1.165) is 35.8 Å². The van der Waals surface area contributed by atoms with Crippen LogP contribution in [-0.4, -0.2) is 41.1 Å². The van der Waals surface area contributed by atoms with Crippen molar-refractivity contribution in [3.8, 4) is 10.8 Å². The fraction of sp³-hybridized carbons (Fsp3) is 0.500. The number of ether oxygens (including phenoxy) is 1. The molecule has 1 aliphatic carbocycles. The molecule has 3 heterocycles. The summed E-state index contributed by atoms with van der Waals surface area (Å²) in [7, 11) is 0. The van der Waals surface area contributed by atoms with Gasteiger partial charge in [-0.05, 0) is 38.3 Å². The number of carbonyl (C=O) groups is 1. The number of aryl methyl sites for hydroxylation is 1. The van der Waals surface area contributed by atoms with E-state index < -0.39 is 0 Å². The lowest BCUT2D eigenvalue weighted by Gasteiger charge is -2.37. The summed E-state index contributed by atoms with van der Waals surface area (Å²) in [5.41, 5.74) is 0.515. The molecule has 2 fully saturated rings. The van der Waals surface area contributed by atoms with E-state index in [-0.39, 0.29) is 18.1 Å². The number of thiazole rings is 1. The highest BCUT2D eigenvalue weighted by molar-refractivity contribution is 7.13. The van der Waals surface area contributed by atoms with Crippen LogP contribution in [0, 0.1) is 6.92 Å². The lowest BCUT2D eigenvalue weighted by Crippen LogP contribution is -2.51. The van der Waals surface area contributed by atoms with E-state index in [4.69, 9.17) is 9.15 Å². The summed E-state index contributed by atoms with van der Waals surface area (Å²) < 4.78 is 11.3. The molecule has 1 saturated heterocycles. The van der Waals surface area contributed by atoms with Crippen molar-refractivity contribution >= 4 is 17.2 Å². The second-order valence-corrected chi connectivity index (χ2v) is 6.71. The van der Waals surface area contributed by atoms with E-state index in [9.17, 15) is 4.79 Å². The lowest BCUT2D eigenvalue weighted by molar-refractivity contribution is -0.0447. The Morgan fingerprint density at radius 3 is 3.14 bits per heavy atom. The van der Waals surface area contributed by atoms with Crippen LogP contribution in [0.15, 0.2) is 21.9 Å². The number of aromatic nitrogens is 1. The third-order valence-corrected chi connectivity index (χ3v) is 5.27. The standard InChI is InChI=1S/C16H18N2O3S/c1-10-5-6-14(21-10)15-17-11(9-22-15)16(19)18-7-8-20-13-4-2-3-12(13)18/h5-6,9,12-13H,2-4,7-8H2,1H3/t12-,13-/m0/s1. The van der Waals surface area contributed by atoms with Gasteiger partial charge < -0.3 is 14.1 Å². The molecule has 0 bridgehead atoms. The second-order valence-electron chi connectivity index (χ2n) is 5.85. The first-order valence-corrected chi connectivity index (χ1v) is 8.55. The van der Waals surface area contributed by atoms with Gasteiger partial charge in [0, 0.05) is 11.9 Å². The lowest BCUT2D eigenvalue weighted by atomic mass is 10.1. The van der Waals surface area contributed by atoms with Crippen LogP contribution in [0.4, 0.5) is 0 Å². The molecular formula is C16H18N2O3S. The number of carbonyl (C=O) groups excluding carboxylic acids is 1. The van der Waals surface area contributed by atoms with Crippen LogP contribution >= 0.6 is 11.3 Å². The molecule has 5 nitrogen and oxygen atoms in total. The molecule has 2 atom stereocenters. The first-order valence-electron chi connectivity index (χ1n) is 7.67. The number of hydrogen-bond donors (Lipinski definition) is 0. The normalized spacial score (nSPS) is 24.5. The van der Waals surface area contributed by atoms with Gasteiger partial charge in [0.15, 0.2) is 10.8 Å². The fourth-order valence-corrected chi connectivity index (χ4v) is 4.11. The van der Waals surface area contributed by atoms with Crippen LogP contribution in [0.3, 0.4) is 0 Å². The third-order valence-electron chi connectivity index (χ3n) is 4.42. The number of amides is 1. The number of morpholine rings is 1. The maximum Gasteiger partial charge on any atom is 0.273 e. The van der Waals surface area contributed by atoms with E-state index in [1.807, 2.05) is 29.3 Å². The Morgan fingerprint density at radius 2 is 2.32 bits per heavy atom. The van der Waals surface area contributed by atoms with Gasteiger partial charge in [-0.15, -0.1) is 11.3 Å². The number of rotatable bonds is 2. The molecule has 0 unspecified atom stereocenters. The van der Waals surface area contributed by atoms with E-state index in [0.29, 0.717) is 18.8 Å². The van der Waals surface area contributed by atoms with Crippen molar-refractivity contribution in [3.05, 3.63) is 29.0 Å². The Balaban J connectivity index is 1.56. The Bertz CT molecular complexity index is 693. The summed E-state index contributed by atoms with van der Waals surface area (Å²) in [6, 6.07) is 4.02. The topological polar surface area (TPSA) is 55.6 Å². The predicted octanol–water partition coefficient (Wildman–Crippen LogP) is 3.11. The van der Waals surface area contributed by atoms with E-state index in [2.05, 4.69) is 4.98 Å². The number of nitrogens with zero attached hydrogens (tertiary/aromatic N) is 2. The van der Waals surface area contributed by atoms with Crippen LogP contribution < -0.4 is 0 Å². The maximum absolute atomic E-state index is 12.8. The quantitative estimate of drug-likeness (QED) is 0.854. The zero-order valence-corrected chi connectivity index (χ0v) is 13.3. The van der Waals surface area contributed by atoms with Crippen molar-refractivity contribution in [3.63, 3.8) is 0 Å². The number of furan rings is 1. The van der Waals surface area contributed by atoms with Gasteiger partial charge in [-0.1, -0.05) is 0 Å². The molecule has 1 saturated carbocycles. The summed E-state index contributed by atoms with van der Waals surface area (Å²) in [6.45, 7) is 3.19. The molecule has 2 aromatic heterocycles. The summed E-state index contributed by atoms with van der Waals surface area (Å²) in [4.78, 5) is 19.2. The monoisotopic (exact) mass is 318 g/mol. The highest BCUT2D eigenvalue weighted by Crippen LogP contribution is 2.32. The average Bonchev–Trinajstić information content (AvgIpc) is 3.25. The largest absolute Gasteiger partial charge is 0.459 e. The van der Waals surface area contributed by atoms with E-state index >= 15 is 0 Å². The molecule has 116 valence electrons. The second kappa shape index (κ2) is 5.52. The van der Waals surface area contributed by atoms with Crippen LogP contribution in [-0.2, 0) is 4.74 Å². The SMILES string of the molecule is Cc1ccc(-c2nc(C(=O)N3CCO[C@H]4CCC[C@@H]43)cs2)o1. The van der Waals surface area contributed by atoms with Crippen LogP contribution in [0.5, 0.6) is 0 Å². The molecule has 0 N–H and O–H groups in total. The summed E-state index contributed by atoms with van der Waals surface area (Å²) in [5.74, 6) is 1.59. The molecule has 0 aromatic carbocycles. The molecule has 4 rings (SSSR count). The minimum absolute atomic E-state index is 0.0194. The van der Waals surface area contributed by atoms with Crippen molar-refractivity contribution in [2.24, 2.45) is 0 Å². The van der Waals surface area contributed by atoms with Crippen molar-refractivity contribution < 1.29 is 13.9 Å². The van der Waals surface area contributed by atoms with Crippen LogP contribution in [0.1, 0.15) is 35.5 Å². The smallest absolute Gasteiger partial charge is 0.273 e. The number of fused-ring (bicyclic) bond motifs is 1. The fourth-order valence-electron chi connectivity index (χ4n) is 3.36. The average molecular weight is 318 g/mol. The highest BCUT2D eigenvalue weighted by atomic mass is 32.1. The molecular weight excluding hydrogens is 300 g/mol. The summed E-state index contributed by atoms with van der Waals surface area (Å²) >= 11 is 1.45. The molecule has 1 aliphatic heterocycles. The van der Waals surface area contributed by atoms with Crippen molar-refractivity contribution in [1.29, 1.82) is 0 Å². The Morgan fingerprint density at radius 1 is 1.41 bits per heavy atom. The minimum Gasteiger partial charge on any atom is -0.459 e. The summed E-state index contributed by atoms with van der Waals surface area (Å²) in [5, 5.41) is 2.59. The van der Waals surface area contributed by atoms with Crippen molar-refractivity contribution in [1.82, 2.24) is 9.88 Å². The molecule has 2 aliphatic rings. The number of hydrogen-bond acceptors (Lipinski definition) is 5. The van der Waals surface area contributed by atoms with Crippen LogP contribution in [0.2, 0.25) is 0 Å². The van der Waals surface area contributed by atoms with Crippen molar-refractivity contribution in [2.45, 2.75) is 38.3 Å². The molecule has 0 radical (unpaired) electrons. The third kappa shape index (κ3) is 2.36. The Hall–Kier alpha value is -1.66. The van der Waals surface area contributed by atoms with Gasteiger partial charge in [-0.25, -0.2) is 4.98 Å². The Labute approximate surface area is 132 Å². The van der Waals surface area contributed by atoms with E-state index in [1.165, 1.54) is 11.3 Å². The van der Waals surface area contributed by atoms with Gasteiger partial charge in [0.25, 0.3) is 5.91 Å². The zero-order valence-electron chi connectivity index (χ0n) is 12.4. The highest BCUT2D eigenvalue weighted by Gasteiger charge is 2.39. The van der Waals surface area contributed by atoms with Gasteiger partial charge in [0.1, 0.15) is 11.5 Å². The van der Waals surface area contributed by atoms with E-state index in [1.54, 1.807) is 0 Å². The van der Waals surface area contributed by atoms with Gasteiger partial charge in [0.2, 0.25) is 0 Å². The van der Waals surface area contributed by atoms with Gasteiger partial charge in [-0.2, -0.15) is 0 Å². The van der Waals surface area contributed by atoms with Gasteiger partial charge in [-0.3, -0.25) is 4.79 Å². The summed E-state index contributed by atoms with van der Waals surface area (Å²) in [6.07, 6.45) is 3.43. The first kappa shape index (κ1) is 14.0. The molecule has 1 amide bonds. The van der Waals surface area contributed by atoms with Gasteiger partial charge in [0.05, 0.1) is 18.8 Å². The molecule has 0 spiro atoms. The maximum atomic E-state index is 12.8. The Kier molecular flexibility index (Phi) is 3.50. The molecule has 22 heavy (non-hydrogen) atoms. The van der Waals surface area contributed by atoms with Gasteiger partial charge >= 0.3 is 0 Å². The first-order chi connectivity index (χ1) is 10.7. The molecule has 6 heteroatoms. The predicted molar refractivity (Wildman–Crippen MR) is 83.0 cm³/mol. The molecule has 2 aromatic rings. The van der Waals surface area contributed by atoms with Crippen molar-refractivity contribution in [2.75, 3.05) is 13.2 Å². The minimum atomic E-state index is 0.0194. The van der Waals surface area contributed by atoms with Crippen LogP contribution in [0.25, 0.3) is 10.8 Å².